The fourth-order valence-electron chi connectivity index (χ4n) is 7.54. The van der Waals surface area contributed by atoms with Crippen molar-refractivity contribution in [1.29, 1.82) is 0 Å². The van der Waals surface area contributed by atoms with Gasteiger partial charge in [0.25, 0.3) is 21.6 Å². The molecule has 8 rings (SSSR count). The number of nitro benzene ring substituents is 1. The van der Waals surface area contributed by atoms with Gasteiger partial charge in [-0.2, -0.15) is 0 Å². The molecule has 0 saturated carbocycles. The fourth-order valence-corrected chi connectivity index (χ4v) is 9.08. The van der Waals surface area contributed by atoms with Gasteiger partial charge >= 0.3 is 0 Å². The lowest BCUT2D eigenvalue weighted by Gasteiger charge is -2.29. The number of nitrogens with one attached hydrogen (secondary N) is 3. The number of pyridine rings is 1. The molecule has 3 N–H and O–H groups in total. The molecule has 0 spiro atoms. The standard InChI is InChI=1S/C42H38Cl2N6O7S/c43-34-5-2-1-4-32(34)37-6-3-17-49(37)38-12-8-27(21-35(38)44)28-7-10-33(40(22-28)57-30-20-29-13-16-45-41(29)47-25-30)42(51)48-58(54,55)31-9-11-36(39(23-31)50(52)53)46-24-26-14-18-56-19-15-26/h1-2,4-5,7-13,16,20-23,25-26,37,46H,3,6,14-15,17-19,24H2,(H,45,47)(H,48,51). The topological polar surface area (TPSA) is 169 Å². The van der Waals surface area contributed by atoms with Gasteiger partial charge in [-0.1, -0.05) is 53.5 Å². The first kappa shape index (κ1) is 39.2. The van der Waals surface area contributed by atoms with Crippen molar-refractivity contribution >= 4 is 67.2 Å². The summed E-state index contributed by atoms with van der Waals surface area (Å²) in [5.74, 6) is -0.402. The number of hydrogen-bond acceptors (Lipinski definition) is 10. The number of carbonyl (C=O) groups is 1. The number of aromatic nitrogens is 2. The average Bonchev–Trinajstić information content (AvgIpc) is 3.90. The van der Waals surface area contributed by atoms with Crippen LogP contribution in [0.4, 0.5) is 17.1 Å². The largest absolute Gasteiger partial charge is 0.455 e. The van der Waals surface area contributed by atoms with Crippen LogP contribution in [0.15, 0.2) is 108 Å². The molecule has 2 saturated heterocycles. The van der Waals surface area contributed by atoms with Crippen molar-refractivity contribution < 1.29 is 27.6 Å². The molecule has 1 amide bonds. The van der Waals surface area contributed by atoms with E-state index in [9.17, 15) is 23.3 Å². The number of ether oxygens (including phenoxy) is 2. The maximum Gasteiger partial charge on any atom is 0.293 e. The summed E-state index contributed by atoms with van der Waals surface area (Å²) in [6, 6.07) is 25.4. The Morgan fingerprint density at radius 2 is 1.76 bits per heavy atom. The normalized spacial score (nSPS) is 16.0. The number of halogens is 2. The Morgan fingerprint density at radius 1 is 0.966 bits per heavy atom. The number of aromatic amines is 1. The van der Waals surface area contributed by atoms with Crippen LogP contribution < -0.4 is 19.7 Å². The number of sulfonamides is 1. The van der Waals surface area contributed by atoms with Gasteiger partial charge in [0.2, 0.25) is 0 Å². The maximum atomic E-state index is 13.9. The van der Waals surface area contributed by atoms with Crippen LogP contribution in [0.5, 0.6) is 11.5 Å². The van der Waals surface area contributed by atoms with Crippen molar-refractivity contribution in [3.63, 3.8) is 0 Å². The first-order valence-corrected chi connectivity index (χ1v) is 21.0. The van der Waals surface area contributed by atoms with E-state index in [1.165, 1.54) is 24.4 Å². The van der Waals surface area contributed by atoms with Crippen molar-refractivity contribution in [2.75, 3.05) is 36.5 Å². The van der Waals surface area contributed by atoms with Gasteiger partial charge in [-0.05, 0) is 103 Å². The second kappa shape index (κ2) is 16.7. The predicted molar refractivity (Wildman–Crippen MR) is 224 cm³/mol. The summed E-state index contributed by atoms with van der Waals surface area (Å²) in [7, 11) is -4.59. The lowest BCUT2D eigenvalue weighted by atomic mass is 10.0. The Bertz CT molecular complexity index is 2630. The zero-order valence-electron chi connectivity index (χ0n) is 31.0. The van der Waals surface area contributed by atoms with Crippen LogP contribution in [0, 0.1) is 16.0 Å². The van der Waals surface area contributed by atoms with Crippen molar-refractivity contribution in [1.82, 2.24) is 14.7 Å². The van der Waals surface area contributed by atoms with E-state index in [1.54, 1.807) is 24.4 Å². The number of rotatable bonds is 12. The third kappa shape index (κ3) is 8.32. The molecule has 2 aromatic heterocycles. The van der Waals surface area contributed by atoms with Gasteiger partial charge in [-0.15, -0.1) is 0 Å². The van der Waals surface area contributed by atoms with Crippen LogP contribution in [-0.2, 0) is 14.8 Å². The molecule has 1 unspecified atom stereocenters. The van der Waals surface area contributed by atoms with E-state index in [2.05, 4.69) is 24.9 Å². The molecule has 0 radical (unpaired) electrons. The van der Waals surface area contributed by atoms with E-state index < -0.39 is 31.4 Å². The number of H-pyrrole nitrogens is 1. The van der Waals surface area contributed by atoms with Crippen molar-refractivity contribution in [2.24, 2.45) is 5.92 Å². The number of nitrogens with zero attached hydrogens (tertiary/aromatic N) is 3. The van der Waals surface area contributed by atoms with E-state index in [0.29, 0.717) is 46.8 Å². The minimum absolute atomic E-state index is 0.0408. The van der Waals surface area contributed by atoms with Crippen LogP contribution in [0.3, 0.4) is 0 Å². The Labute approximate surface area is 344 Å². The number of amides is 1. The molecular weight excluding hydrogens is 803 g/mol. The van der Waals surface area contributed by atoms with Gasteiger partial charge in [-0.3, -0.25) is 14.9 Å². The van der Waals surface area contributed by atoms with E-state index in [-0.39, 0.29) is 29.0 Å². The van der Waals surface area contributed by atoms with Crippen LogP contribution in [0.2, 0.25) is 10.0 Å². The molecule has 2 fully saturated rings. The van der Waals surface area contributed by atoms with Crippen molar-refractivity contribution in [3.05, 3.63) is 135 Å². The Kier molecular flexibility index (Phi) is 11.3. The molecule has 2 aliphatic rings. The summed E-state index contributed by atoms with van der Waals surface area (Å²) < 4.78 is 41.0. The van der Waals surface area contributed by atoms with Gasteiger partial charge in [0.05, 0.1) is 38.3 Å². The number of nitro groups is 1. The molecule has 1 atom stereocenters. The maximum absolute atomic E-state index is 13.9. The van der Waals surface area contributed by atoms with Gasteiger partial charge in [0, 0.05) is 49.0 Å². The number of benzene rings is 4. The third-order valence-electron chi connectivity index (χ3n) is 10.6. The van der Waals surface area contributed by atoms with Gasteiger partial charge < -0.3 is 24.7 Å². The summed E-state index contributed by atoms with van der Waals surface area (Å²) >= 11 is 13.6. The van der Waals surface area contributed by atoms with E-state index in [0.717, 1.165) is 60.5 Å². The summed E-state index contributed by atoms with van der Waals surface area (Å²) in [5, 5.41) is 17.1. The number of anilines is 2. The Hall–Kier alpha value is -5.67. The minimum Gasteiger partial charge on any atom is -0.455 e. The first-order valence-electron chi connectivity index (χ1n) is 18.8. The fraction of sp³-hybridized carbons (Fsp3) is 0.238. The average molecular weight is 842 g/mol. The molecule has 58 heavy (non-hydrogen) atoms. The van der Waals surface area contributed by atoms with Crippen LogP contribution in [0.25, 0.3) is 22.2 Å². The third-order valence-corrected chi connectivity index (χ3v) is 12.5. The molecule has 16 heteroatoms. The van der Waals surface area contributed by atoms with Gasteiger partial charge in [0.15, 0.2) is 0 Å². The summed E-state index contributed by atoms with van der Waals surface area (Å²) in [4.78, 5) is 34.5. The molecule has 0 aliphatic carbocycles. The molecule has 2 aliphatic heterocycles. The lowest BCUT2D eigenvalue weighted by molar-refractivity contribution is -0.384. The summed E-state index contributed by atoms with van der Waals surface area (Å²) in [5.41, 5.74) is 3.54. The zero-order chi connectivity index (χ0) is 40.4. The van der Waals surface area contributed by atoms with Crippen molar-refractivity contribution in [3.8, 4) is 22.6 Å². The molecule has 4 heterocycles. The first-order chi connectivity index (χ1) is 28.0. The Morgan fingerprint density at radius 3 is 2.55 bits per heavy atom. The number of hydrogen-bond donors (Lipinski definition) is 3. The predicted octanol–water partition coefficient (Wildman–Crippen LogP) is 9.54. The monoisotopic (exact) mass is 840 g/mol. The summed E-state index contributed by atoms with van der Waals surface area (Å²) in [6.07, 6.45) is 6.76. The zero-order valence-corrected chi connectivity index (χ0v) is 33.3. The highest BCUT2D eigenvalue weighted by Gasteiger charge is 2.30. The molecule has 13 nitrogen and oxygen atoms in total. The smallest absolute Gasteiger partial charge is 0.293 e. The van der Waals surface area contributed by atoms with Crippen LogP contribution in [0.1, 0.15) is 47.6 Å². The number of carbonyl (C=O) groups excluding carboxylic acids is 1. The van der Waals surface area contributed by atoms with Gasteiger partial charge in [0.1, 0.15) is 22.8 Å². The highest BCUT2D eigenvalue weighted by Crippen LogP contribution is 2.43. The summed E-state index contributed by atoms with van der Waals surface area (Å²) in [6.45, 7) is 2.51. The molecule has 298 valence electrons. The van der Waals surface area contributed by atoms with Crippen molar-refractivity contribution in [2.45, 2.75) is 36.6 Å². The quantitative estimate of drug-likeness (QED) is 0.0797. The minimum atomic E-state index is -4.59. The number of fused-ring (bicyclic) bond motifs is 1. The molecular formula is C42H38Cl2N6O7S. The second-order valence-electron chi connectivity index (χ2n) is 14.2. The van der Waals surface area contributed by atoms with E-state index in [1.807, 2.05) is 48.5 Å². The molecule has 4 aromatic carbocycles. The van der Waals surface area contributed by atoms with Gasteiger partial charge in [-0.25, -0.2) is 18.1 Å². The highest BCUT2D eigenvalue weighted by molar-refractivity contribution is 7.90. The Balaban J connectivity index is 1.08. The van der Waals surface area contributed by atoms with E-state index in [4.69, 9.17) is 32.7 Å². The second-order valence-corrected chi connectivity index (χ2v) is 16.7. The molecule has 0 bridgehead atoms. The van der Waals surface area contributed by atoms with E-state index >= 15 is 0 Å². The molecule has 6 aromatic rings. The SMILES string of the molecule is O=C(NS(=O)(=O)c1ccc(NCC2CCOCC2)c([N+](=O)[O-])c1)c1ccc(-c2ccc(N3CCCC3c3ccccc3Cl)c(Cl)c2)cc1Oc1cnc2[nH]ccc2c1. The van der Waals surface area contributed by atoms with Crippen LogP contribution >= 0.6 is 23.2 Å². The van der Waals surface area contributed by atoms with Crippen LogP contribution in [-0.4, -0.2) is 55.5 Å². The highest BCUT2D eigenvalue weighted by atomic mass is 35.5. The lowest BCUT2D eigenvalue weighted by Crippen LogP contribution is -2.31.